The smallest absolute Gasteiger partial charge is 0.153 e. The fraction of sp³-hybridized carbons (Fsp3) is 0.133. The maximum Gasteiger partial charge on any atom is 0.153 e. The molecule has 21 heavy (non-hydrogen) atoms. The van der Waals surface area contributed by atoms with Crippen LogP contribution >= 0.6 is 34.5 Å². The Labute approximate surface area is 136 Å². The Morgan fingerprint density at radius 3 is 2.57 bits per heavy atom. The number of nitrogens with two attached hydrogens (primary N) is 1. The number of nitrogens with one attached hydrogen (secondary N) is 1. The van der Waals surface area contributed by atoms with Crippen molar-refractivity contribution in [3.05, 3.63) is 44.8 Å². The molecule has 3 aromatic rings. The lowest BCUT2D eigenvalue weighted by Gasteiger charge is -2.06. The molecule has 0 aliphatic carbocycles. The summed E-state index contributed by atoms with van der Waals surface area (Å²) >= 11 is 14.0. The van der Waals surface area contributed by atoms with Crippen molar-refractivity contribution in [3.8, 4) is 21.7 Å². The van der Waals surface area contributed by atoms with E-state index in [1.165, 1.54) is 10.4 Å². The number of hydrogen-bond acceptors (Lipinski definition) is 3. The van der Waals surface area contributed by atoms with Crippen molar-refractivity contribution in [3.63, 3.8) is 0 Å². The lowest BCUT2D eigenvalue weighted by molar-refractivity contribution is 1.11. The fourth-order valence-corrected chi connectivity index (χ4v) is 3.73. The Kier molecular flexibility index (Phi) is 3.69. The van der Waals surface area contributed by atoms with E-state index in [-0.39, 0.29) is 0 Å². The molecule has 1 aromatic carbocycles. The molecule has 0 saturated carbocycles. The van der Waals surface area contributed by atoms with Gasteiger partial charge in [0.05, 0.1) is 21.2 Å². The highest BCUT2D eigenvalue weighted by molar-refractivity contribution is 7.15. The van der Waals surface area contributed by atoms with Gasteiger partial charge in [0.1, 0.15) is 0 Å². The second-order valence-corrected chi connectivity index (χ2v) is 6.93. The van der Waals surface area contributed by atoms with Gasteiger partial charge in [0, 0.05) is 15.5 Å². The van der Waals surface area contributed by atoms with Crippen LogP contribution in [-0.2, 0) is 0 Å². The molecule has 3 nitrogen and oxygen atoms in total. The standard InChI is InChI=1S/C15H13Cl2N3S/c1-7-5-12(21-8(7)2)14-13(15(18)20-19-14)10-4-3-9(16)6-11(10)17/h3-6H,1-2H3,(H3,18,19,20). The van der Waals surface area contributed by atoms with E-state index >= 15 is 0 Å². The summed E-state index contributed by atoms with van der Waals surface area (Å²) in [5, 5.41) is 8.30. The molecule has 6 heteroatoms. The third-order valence-corrected chi connectivity index (χ3v) is 5.12. The average molecular weight is 338 g/mol. The number of thiophene rings is 1. The van der Waals surface area contributed by atoms with Gasteiger partial charge in [-0.2, -0.15) is 5.10 Å². The monoisotopic (exact) mass is 337 g/mol. The molecule has 0 amide bonds. The Morgan fingerprint density at radius 1 is 1.19 bits per heavy atom. The summed E-state index contributed by atoms with van der Waals surface area (Å²) in [4.78, 5) is 2.36. The van der Waals surface area contributed by atoms with Gasteiger partial charge >= 0.3 is 0 Å². The highest BCUT2D eigenvalue weighted by Crippen LogP contribution is 2.41. The van der Waals surface area contributed by atoms with Crippen LogP contribution in [0.25, 0.3) is 21.7 Å². The number of benzene rings is 1. The highest BCUT2D eigenvalue weighted by Gasteiger charge is 2.19. The summed E-state index contributed by atoms with van der Waals surface area (Å²) in [5.41, 5.74) is 9.81. The lowest BCUT2D eigenvalue weighted by atomic mass is 10.0. The Bertz CT molecular complexity index is 801. The van der Waals surface area contributed by atoms with Gasteiger partial charge in [0.25, 0.3) is 0 Å². The third kappa shape index (κ3) is 2.55. The zero-order valence-corrected chi connectivity index (χ0v) is 13.8. The van der Waals surface area contributed by atoms with E-state index in [4.69, 9.17) is 28.9 Å². The molecule has 0 saturated heterocycles. The van der Waals surface area contributed by atoms with E-state index in [1.54, 1.807) is 23.5 Å². The van der Waals surface area contributed by atoms with E-state index in [0.717, 1.165) is 21.7 Å². The molecule has 0 atom stereocenters. The van der Waals surface area contributed by atoms with Crippen molar-refractivity contribution in [2.75, 3.05) is 5.73 Å². The predicted molar refractivity (Wildman–Crippen MR) is 91.2 cm³/mol. The summed E-state index contributed by atoms with van der Waals surface area (Å²) in [6.45, 7) is 4.18. The third-order valence-electron chi connectivity index (χ3n) is 3.41. The van der Waals surface area contributed by atoms with Crippen molar-refractivity contribution < 1.29 is 0 Å². The molecule has 0 fully saturated rings. The molecule has 0 bridgehead atoms. The minimum atomic E-state index is 0.429. The van der Waals surface area contributed by atoms with Gasteiger partial charge in [0.2, 0.25) is 0 Å². The van der Waals surface area contributed by atoms with Crippen molar-refractivity contribution in [2.45, 2.75) is 13.8 Å². The number of aryl methyl sites for hydroxylation is 2. The van der Waals surface area contributed by atoms with Crippen molar-refractivity contribution >= 4 is 40.4 Å². The van der Waals surface area contributed by atoms with E-state index in [2.05, 4.69) is 30.1 Å². The maximum atomic E-state index is 6.31. The second kappa shape index (κ2) is 5.37. The molecule has 3 N–H and O–H groups in total. The van der Waals surface area contributed by atoms with E-state index in [9.17, 15) is 0 Å². The van der Waals surface area contributed by atoms with Gasteiger partial charge in [-0.25, -0.2) is 0 Å². The zero-order chi connectivity index (χ0) is 15.1. The summed E-state index contributed by atoms with van der Waals surface area (Å²) in [6.07, 6.45) is 0. The van der Waals surface area contributed by atoms with Crippen LogP contribution < -0.4 is 5.73 Å². The van der Waals surface area contributed by atoms with Gasteiger partial charge < -0.3 is 5.73 Å². The van der Waals surface area contributed by atoms with E-state index in [0.29, 0.717) is 15.9 Å². The number of aromatic amines is 1. The largest absolute Gasteiger partial charge is 0.382 e. The number of hydrogen-bond donors (Lipinski definition) is 2. The van der Waals surface area contributed by atoms with Gasteiger partial charge in [-0.1, -0.05) is 29.3 Å². The normalized spacial score (nSPS) is 11.0. The molecule has 0 spiro atoms. The number of nitrogen functional groups attached to an aromatic ring is 1. The molecule has 0 aliphatic rings. The highest BCUT2D eigenvalue weighted by atomic mass is 35.5. The molecule has 0 unspecified atom stereocenters. The van der Waals surface area contributed by atoms with E-state index < -0.39 is 0 Å². The summed E-state index contributed by atoms with van der Waals surface area (Å²) in [5.74, 6) is 0.429. The first-order chi connectivity index (χ1) is 9.97. The maximum absolute atomic E-state index is 6.31. The van der Waals surface area contributed by atoms with Gasteiger partial charge in [-0.15, -0.1) is 11.3 Å². The van der Waals surface area contributed by atoms with Gasteiger partial charge in [-0.3, -0.25) is 5.10 Å². The van der Waals surface area contributed by atoms with Crippen LogP contribution in [0.4, 0.5) is 5.82 Å². The SMILES string of the molecule is Cc1cc(-c2[nH]nc(N)c2-c2ccc(Cl)cc2Cl)sc1C. The zero-order valence-electron chi connectivity index (χ0n) is 11.5. The first kappa shape index (κ1) is 14.4. The molecule has 2 aromatic heterocycles. The van der Waals surface area contributed by atoms with Crippen LogP contribution in [0.5, 0.6) is 0 Å². The molecule has 0 radical (unpaired) electrons. The summed E-state index contributed by atoms with van der Waals surface area (Å²) in [7, 11) is 0. The van der Waals surface area contributed by atoms with Crippen LogP contribution in [0.1, 0.15) is 10.4 Å². The fourth-order valence-electron chi connectivity index (χ4n) is 2.20. The number of aromatic nitrogens is 2. The molecule has 3 rings (SSSR count). The second-order valence-electron chi connectivity index (χ2n) is 4.83. The number of anilines is 1. The first-order valence-corrected chi connectivity index (χ1v) is 7.91. The van der Waals surface area contributed by atoms with Gasteiger partial charge in [0.15, 0.2) is 5.82 Å². The minimum Gasteiger partial charge on any atom is -0.382 e. The Balaban J connectivity index is 2.21. The van der Waals surface area contributed by atoms with Crippen LogP contribution in [0.3, 0.4) is 0 Å². The van der Waals surface area contributed by atoms with Crippen LogP contribution in [0.15, 0.2) is 24.3 Å². The molecular weight excluding hydrogens is 325 g/mol. The topological polar surface area (TPSA) is 54.7 Å². The first-order valence-electron chi connectivity index (χ1n) is 6.34. The summed E-state index contributed by atoms with van der Waals surface area (Å²) in [6, 6.07) is 7.49. The lowest BCUT2D eigenvalue weighted by Crippen LogP contribution is -1.89. The van der Waals surface area contributed by atoms with E-state index in [1.807, 2.05) is 6.07 Å². The van der Waals surface area contributed by atoms with Crippen molar-refractivity contribution in [2.24, 2.45) is 0 Å². The molecule has 2 heterocycles. The number of H-pyrrole nitrogens is 1. The number of halogens is 2. The average Bonchev–Trinajstić information content (AvgIpc) is 2.94. The van der Waals surface area contributed by atoms with Crippen molar-refractivity contribution in [1.82, 2.24) is 10.2 Å². The molecular formula is C15H13Cl2N3S. The van der Waals surface area contributed by atoms with Crippen LogP contribution in [-0.4, -0.2) is 10.2 Å². The van der Waals surface area contributed by atoms with Crippen LogP contribution in [0, 0.1) is 13.8 Å². The quantitative estimate of drug-likeness (QED) is 0.665. The summed E-state index contributed by atoms with van der Waals surface area (Å²) < 4.78 is 0. The minimum absolute atomic E-state index is 0.429. The Hall–Kier alpha value is -1.49. The predicted octanol–water partition coefficient (Wildman–Crippen LogP) is 5.31. The van der Waals surface area contributed by atoms with Crippen molar-refractivity contribution in [1.29, 1.82) is 0 Å². The molecule has 0 aliphatic heterocycles. The molecule has 108 valence electrons. The van der Waals surface area contributed by atoms with Crippen LogP contribution in [0.2, 0.25) is 10.0 Å². The number of nitrogens with zero attached hydrogens (tertiary/aromatic N) is 1. The Morgan fingerprint density at radius 2 is 1.95 bits per heavy atom. The number of rotatable bonds is 2. The van der Waals surface area contributed by atoms with Gasteiger partial charge in [-0.05, 0) is 37.6 Å².